The number of halogens is 2. The van der Waals surface area contributed by atoms with Gasteiger partial charge in [-0.2, -0.15) is 8.42 Å². The van der Waals surface area contributed by atoms with Gasteiger partial charge >= 0.3 is 10.1 Å². The SMILES string of the molecule is COc1cc(/C=C2\SC(=O)N(CCOc3cc(C)ccc3C)C2=O)cc(Cl)c1OS(=O)(=O)c1ccc(Cl)cc1. The van der Waals surface area contributed by atoms with Crippen molar-refractivity contribution in [2.75, 3.05) is 20.3 Å². The first kappa shape index (κ1) is 28.8. The Morgan fingerprint density at radius 1 is 0.974 bits per heavy atom. The molecule has 0 atom stereocenters. The van der Waals surface area contributed by atoms with Crippen LogP contribution < -0.4 is 13.7 Å². The number of amides is 2. The van der Waals surface area contributed by atoms with Crippen LogP contribution in [0.4, 0.5) is 4.79 Å². The van der Waals surface area contributed by atoms with Crippen LogP contribution in [-0.2, 0) is 14.9 Å². The summed E-state index contributed by atoms with van der Waals surface area (Å²) in [7, 11) is -2.92. The molecule has 1 fully saturated rings. The quantitative estimate of drug-likeness (QED) is 0.201. The predicted octanol–water partition coefficient (Wildman–Crippen LogP) is 6.50. The molecule has 0 aromatic heterocycles. The second-order valence-electron chi connectivity index (χ2n) is 8.48. The molecule has 0 unspecified atom stereocenters. The number of carbonyl (C=O) groups excluding carboxylic acids is 2. The normalized spacial score (nSPS) is 14.7. The summed E-state index contributed by atoms with van der Waals surface area (Å²) in [4.78, 5) is 26.6. The van der Waals surface area contributed by atoms with E-state index < -0.39 is 21.3 Å². The highest BCUT2D eigenvalue weighted by atomic mass is 35.5. The molecule has 1 aliphatic rings. The average molecular weight is 609 g/mol. The van der Waals surface area contributed by atoms with Crippen molar-refractivity contribution >= 4 is 62.3 Å². The van der Waals surface area contributed by atoms with E-state index in [9.17, 15) is 18.0 Å². The molecule has 1 saturated heterocycles. The number of rotatable bonds is 9. The number of hydrogen-bond donors (Lipinski definition) is 0. The van der Waals surface area contributed by atoms with E-state index in [-0.39, 0.29) is 39.5 Å². The zero-order chi connectivity index (χ0) is 28.3. The highest BCUT2D eigenvalue weighted by molar-refractivity contribution is 8.18. The largest absolute Gasteiger partial charge is 0.493 e. The summed E-state index contributed by atoms with van der Waals surface area (Å²) in [5.41, 5.74) is 2.40. The van der Waals surface area contributed by atoms with Gasteiger partial charge in [-0.15, -0.1) is 0 Å². The molecular weight excluding hydrogens is 585 g/mol. The minimum atomic E-state index is -4.24. The lowest BCUT2D eigenvalue weighted by Crippen LogP contribution is -2.32. The molecule has 2 amide bonds. The highest BCUT2D eigenvalue weighted by Gasteiger charge is 2.35. The molecule has 0 bridgehead atoms. The summed E-state index contributed by atoms with van der Waals surface area (Å²) in [5, 5.41) is -0.130. The van der Waals surface area contributed by atoms with E-state index in [2.05, 4.69) is 0 Å². The molecule has 1 heterocycles. The van der Waals surface area contributed by atoms with Gasteiger partial charge in [-0.3, -0.25) is 14.5 Å². The van der Waals surface area contributed by atoms with E-state index in [1.165, 1.54) is 49.6 Å². The summed E-state index contributed by atoms with van der Waals surface area (Å²) in [6, 6.07) is 14.1. The summed E-state index contributed by atoms with van der Waals surface area (Å²) in [6.45, 7) is 4.09. The molecule has 0 saturated carbocycles. The molecule has 204 valence electrons. The second kappa shape index (κ2) is 11.9. The van der Waals surface area contributed by atoms with Crippen LogP contribution in [0.5, 0.6) is 17.2 Å². The molecule has 0 aliphatic carbocycles. The summed E-state index contributed by atoms with van der Waals surface area (Å²) in [6.07, 6.45) is 1.47. The summed E-state index contributed by atoms with van der Waals surface area (Å²) in [5.74, 6) is 0.0188. The van der Waals surface area contributed by atoms with E-state index in [4.69, 9.17) is 36.9 Å². The zero-order valence-electron chi connectivity index (χ0n) is 21.1. The van der Waals surface area contributed by atoms with Gasteiger partial charge in [0.1, 0.15) is 17.3 Å². The van der Waals surface area contributed by atoms with Gasteiger partial charge in [-0.05, 0) is 90.8 Å². The first-order valence-corrected chi connectivity index (χ1v) is 14.5. The van der Waals surface area contributed by atoms with E-state index >= 15 is 0 Å². The number of methoxy groups -OCH3 is 1. The lowest BCUT2D eigenvalue weighted by atomic mass is 10.1. The number of imide groups is 1. The Bertz CT molecular complexity index is 1570. The zero-order valence-corrected chi connectivity index (χ0v) is 24.2. The van der Waals surface area contributed by atoms with Crippen molar-refractivity contribution in [3.63, 3.8) is 0 Å². The number of ether oxygens (including phenoxy) is 2. The maximum absolute atomic E-state index is 12.9. The second-order valence-corrected chi connectivity index (χ2v) is 11.9. The fourth-order valence-electron chi connectivity index (χ4n) is 3.62. The van der Waals surface area contributed by atoms with E-state index in [1.54, 1.807) is 0 Å². The van der Waals surface area contributed by atoms with Gasteiger partial charge in [0.05, 0.1) is 23.6 Å². The average Bonchev–Trinajstić information content (AvgIpc) is 3.15. The van der Waals surface area contributed by atoms with Crippen molar-refractivity contribution in [1.82, 2.24) is 4.90 Å². The van der Waals surface area contributed by atoms with Crippen LogP contribution in [0, 0.1) is 13.8 Å². The molecule has 3 aromatic rings. The Balaban J connectivity index is 1.50. The number of benzene rings is 3. The molecule has 4 rings (SSSR count). The van der Waals surface area contributed by atoms with Crippen molar-refractivity contribution in [2.45, 2.75) is 18.7 Å². The monoisotopic (exact) mass is 607 g/mol. The van der Waals surface area contributed by atoms with Crippen LogP contribution in [0.2, 0.25) is 10.0 Å². The molecule has 0 radical (unpaired) electrons. The van der Waals surface area contributed by atoms with E-state index in [0.29, 0.717) is 16.3 Å². The maximum Gasteiger partial charge on any atom is 0.339 e. The molecule has 39 heavy (non-hydrogen) atoms. The van der Waals surface area contributed by atoms with Gasteiger partial charge in [0, 0.05) is 5.02 Å². The number of carbonyl (C=O) groups is 2. The fraction of sp³-hybridized carbons (Fsp3) is 0.185. The third-order valence-electron chi connectivity index (χ3n) is 5.63. The highest BCUT2D eigenvalue weighted by Crippen LogP contribution is 2.40. The Morgan fingerprint density at radius 3 is 2.38 bits per heavy atom. The smallest absolute Gasteiger partial charge is 0.339 e. The van der Waals surface area contributed by atoms with Crippen molar-refractivity contribution in [1.29, 1.82) is 0 Å². The summed E-state index contributed by atoms with van der Waals surface area (Å²) < 4.78 is 41.8. The molecular formula is C27H23Cl2NO7S2. The fourth-order valence-corrected chi connectivity index (χ4v) is 5.87. The molecule has 8 nitrogen and oxygen atoms in total. The van der Waals surface area contributed by atoms with Crippen LogP contribution in [0.1, 0.15) is 16.7 Å². The minimum absolute atomic E-state index is 0.0208. The number of nitrogens with zero attached hydrogens (tertiary/aromatic N) is 1. The van der Waals surface area contributed by atoms with E-state index in [1.807, 2.05) is 32.0 Å². The first-order valence-electron chi connectivity index (χ1n) is 11.5. The van der Waals surface area contributed by atoms with Gasteiger partial charge < -0.3 is 13.7 Å². The van der Waals surface area contributed by atoms with E-state index in [0.717, 1.165) is 27.8 Å². The molecule has 1 aliphatic heterocycles. The van der Waals surface area contributed by atoms with Crippen molar-refractivity contribution < 1.29 is 31.7 Å². The number of aryl methyl sites for hydroxylation is 2. The third-order valence-corrected chi connectivity index (χ3v) is 8.31. The lowest BCUT2D eigenvalue weighted by molar-refractivity contribution is -0.123. The Morgan fingerprint density at radius 2 is 1.69 bits per heavy atom. The Kier molecular flexibility index (Phi) is 8.80. The lowest BCUT2D eigenvalue weighted by Gasteiger charge is -2.15. The van der Waals surface area contributed by atoms with Gasteiger partial charge in [-0.1, -0.05) is 35.3 Å². The number of hydrogen-bond acceptors (Lipinski definition) is 8. The van der Waals surface area contributed by atoms with Gasteiger partial charge in [0.15, 0.2) is 5.75 Å². The van der Waals surface area contributed by atoms with Crippen molar-refractivity contribution in [2.24, 2.45) is 0 Å². The van der Waals surface area contributed by atoms with Crippen LogP contribution >= 0.6 is 35.0 Å². The summed E-state index contributed by atoms with van der Waals surface area (Å²) >= 11 is 13.0. The van der Waals surface area contributed by atoms with Gasteiger partial charge in [0.25, 0.3) is 11.1 Å². The molecule has 0 N–H and O–H groups in total. The third kappa shape index (κ3) is 6.70. The van der Waals surface area contributed by atoms with Crippen molar-refractivity contribution in [3.8, 4) is 17.2 Å². The molecule has 12 heteroatoms. The first-order chi connectivity index (χ1) is 18.5. The standard InChI is InChI=1S/C27H23Cl2NO7S2/c1-16-4-5-17(2)22(12-16)36-11-10-30-26(31)24(38-27(30)32)15-18-13-21(29)25(23(14-18)35-3)37-39(33,34)20-8-6-19(28)7-9-20/h4-9,12-15H,10-11H2,1-3H3/b24-15-. The topological polar surface area (TPSA) is 99.2 Å². The number of thioether (sulfide) groups is 1. The maximum atomic E-state index is 12.9. The van der Waals surface area contributed by atoms with Crippen LogP contribution in [0.25, 0.3) is 6.08 Å². The molecule has 3 aromatic carbocycles. The van der Waals surface area contributed by atoms with Crippen LogP contribution in [0.15, 0.2) is 64.4 Å². The predicted molar refractivity (Wildman–Crippen MR) is 151 cm³/mol. The van der Waals surface area contributed by atoms with Crippen LogP contribution in [-0.4, -0.2) is 44.7 Å². The van der Waals surface area contributed by atoms with Crippen molar-refractivity contribution in [3.05, 3.63) is 86.2 Å². The Hall–Kier alpha value is -3.18. The van der Waals surface area contributed by atoms with Crippen LogP contribution in [0.3, 0.4) is 0 Å². The van der Waals surface area contributed by atoms with Gasteiger partial charge in [-0.25, -0.2) is 0 Å². The van der Waals surface area contributed by atoms with Gasteiger partial charge in [0.2, 0.25) is 5.75 Å². The Labute approximate surface area is 240 Å². The molecule has 0 spiro atoms. The minimum Gasteiger partial charge on any atom is -0.493 e.